The summed E-state index contributed by atoms with van der Waals surface area (Å²) in [6.45, 7) is 5.13. The van der Waals surface area contributed by atoms with Crippen molar-refractivity contribution in [1.82, 2.24) is 4.98 Å². The molecule has 0 aliphatic carbocycles. The molecule has 1 unspecified atom stereocenters. The number of hydrogen-bond acceptors (Lipinski definition) is 7. The van der Waals surface area contributed by atoms with Gasteiger partial charge in [0.25, 0.3) is 0 Å². The number of fused-ring (bicyclic) bond motifs is 2. The van der Waals surface area contributed by atoms with Gasteiger partial charge in [-0.25, -0.2) is 9.78 Å². The lowest BCUT2D eigenvalue weighted by Gasteiger charge is -2.20. The van der Waals surface area contributed by atoms with E-state index in [9.17, 15) is 14.7 Å². The first-order valence-corrected chi connectivity index (χ1v) is 11.6. The molecule has 1 atom stereocenters. The second-order valence-corrected chi connectivity index (χ2v) is 9.70. The van der Waals surface area contributed by atoms with E-state index >= 15 is 0 Å². The molecule has 4 aromatic rings. The summed E-state index contributed by atoms with van der Waals surface area (Å²) in [5.74, 6) is -0.655. The van der Waals surface area contributed by atoms with E-state index in [1.54, 1.807) is 6.07 Å². The maximum Gasteiger partial charge on any atom is 0.357 e. The third-order valence-corrected chi connectivity index (χ3v) is 6.85. The van der Waals surface area contributed by atoms with Gasteiger partial charge < -0.3 is 19.7 Å². The van der Waals surface area contributed by atoms with Gasteiger partial charge in [0.1, 0.15) is 10.6 Å². The normalized spacial score (nSPS) is 13.8. The Kier molecular flexibility index (Phi) is 5.34. The quantitative estimate of drug-likeness (QED) is 0.383. The Balaban J connectivity index is 1.56. The van der Waals surface area contributed by atoms with Crippen LogP contribution in [0.15, 0.2) is 51.7 Å². The highest BCUT2D eigenvalue weighted by Gasteiger charge is 2.24. The number of carboxylic acids is 1. The zero-order chi connectivity index (χ0) is 23.3. The van der Waals surface area contributed by atoms with E-state index in [4.69, 9.17) is 16.0 Å². The molecule has 33 heavy (non-hydrogen) atoms. The van der Waals surface area contributed by atoms with E-state index in [2.05, 4.69) is 22.4 Å². The molecule has 5 rings (SSSR count). The van der Waals surface area contributed by atoms with Crippen molar-refractivity contribution >= 4 is 50.8 Å². The van der Waals surface area contributed by atoms with Crippen LogP contribution in [0.2, 0.25) is 4.47 Å². The van der Waals surface area contributed by atoms with Crippen LogP contribution in [0.25, 0.3) is 11.0 Å². The van der Waals surface area contributed by atoms with Gasteiger partial charge in [0.2, 0.25) is 5.88 Å². The number of rotatable bonds is 5. The number of halogens is 1. The molecule has 0 radical (unpaired) electrons. The molecule has 1 aliphatic heterocycles. The topological polar surface area (TPSA) is 95.7 Å². The van der Waals surface area contributed by atoms with Crippen LogP contribution in [0.1, 0.15) is 45.7 Å². The molecular formula is C24H20ClN3O4S. The predicted octanol–water partition coefficient (Wildman–Crippen LogP) is 5.60. The highest BCUT2D eigenvalue weighted by molar-refractivity contribution is 7.19. The number of hydrogen-bond donors (Lipinski definition) is 2. The minimum atomic E-state index is -1.16. The second kappa shape index (κ2) is 8.20. The van der Waals surface area contributed by atoms with Crippen molar-refractivity contribution in [2.24, 2.45) is 0 Å². The van der Waals surface area contributed by atoms with Gasteiger partial charge >= 0.3 is 5.97 Å². The van der Waals surface area contributed by atoms with Crippen molar-refractivity contribution in [1.29, 1.82) is 0 Å². The summed E-state index contributed by atoms with van der Waals surface area (Å²) in [6.07, 6.45) is 0. The van der Waals surface area contributed by atoms with E-state index in [0.717, 1.165) is 22.5 Å². The van der Waals surface area contributed by atoms with Crippen molar-refractivity contribution in [3.8, 4) is 0 Å². The summed E-state index contributed by atoms with van der Waals surface area (Å²) < 4.78 is 6.45. The first-order valence-electron chi connectivity index (χ1n) is 10.4. The molecule has 0 amide bonds. The van der Waals surface area contributed by atoms with Gasteiger partial charge in [0, 0.05) is 24.7 Å². The third-order valence-electron chi connectivity index (χ3n) is 5.76. The Morgan fingerprint density at radius 1 is 1.24 bits per heavy atom. The predicted molar refractivity (Wildman–Crippen MR) is 130 cm³/mol. The Hall–Kier alpha value is -3.36. The Morgan fingerprint density at radius 2 is 1.94 bits per heavy atom. The number of thiazole rings is 1. The summed E-state index contributed by atoms with van der Waals surface area (Å²) in [5, 5.41) is 13.4. The lowest BCUT2D eigenvalue weighted by molar-refractivity contribution is 0.0692. The lowest BCUT2D eigenvalue weighted by Crippen LogP contribution is -2.17. The number of aromatic carboxylic acids is 1. The molecular weight excluding hydrogens is 462 g/mol. The molecule has 2 N–H and O–H groups in total. The molecule has 7 nitrogen and oxygen atoms in total. The van der Waals surface area contributed by atoms with Crippen molar-refractivity contribution in [2.45, 2.75) is 33.0 Å². The number of nitrogens with zero attached hydrogens (tertiary/aromatic N) is 2. The maximum absolute atomic E-state index is 13.1. The Morgan fingerprint density at radius 3 is 2.61 bits per heavy atom. The average Bonchev–Trinajstić information content (AvgIpc) is 3.37. The van der Waals surface area contributed by atoms with Crippen molar-refractivity contribution in [3.05, 3.63) is 85.1 Å². The van der Waals surface area contributed by atoms with E-state index in [1.165, 1.54) is 11.1 Å². The van der Waals surface area contributed by atoms with Crippen LogP contribution in [-0.2, 0) is 13.1 Å². The first-order chi connectivity index (χ1) is 15.8. The fourth-order valence-electron chi connectivity index (χ4n) is 4.20. The van der Waals surface area contributed by atoms with Gasteiger partial charge in [0.15, 0.2) is 15.6 Å². The lowest BCUT2D eigenvalue weighted by atomic mass is 10.0. The van der Waals surface area contributed by atoms with Gasteiger partial charge in [-0.3, -0.25) is 4.79 Å². The van der Waals surface area contributed by atoms with Crippen LogP contribution < -0.4 is 15.6 Å². The molecule has 0 saturated carbocycles. The van der Waals surface area contributed by atoms with E-state index < -0.39 is 5.97 Å². The van der Waals surface area contributed by atoms with Crippen molar-refractivity contribution < 1.29 is 14.3 Å². The van der Waals surface area contributed by atoms with Crippen LogP contribution in [0.4, 0.5) is 10.9 Å². The van der Waals surface area contributed by atoms with E-state index in [0.29, 0.717) is 34.9 Å². The summed E-state index contributed by atoms with van der Waals surface area (Å²) in [6, 6.07) is 13.1. The van der Waals surface area contributed by atoms with Gasteiger partial charge in [0.05, 0.1) is 11.4 Å². The maximum atomic E-state index is 13.1. The summed E-state index contributed by atoms with van der Waals surface area (Å²) in [4.78, 5) is 30.5. The molecule has 1 aliphatic rings. The number of carbonyl (C=O) groups is 1. The van der Waals surface area contributed by atoms with Crippen LogP contribution in [0.5, 0.6) is 0 Å². The Labute approximate surface area is 198 Å². The zero-order valence-electron chi connectivity index (χ0n) is 17.9. The number of aryl methyl sites for hydroxylation is 1. The van der Waals surface area contributed by atoms with Crippen molar-refractivity contribution in [2.75, 3.05) is 10.2 Å². The van der Waals surface area contributed by atoms with E-state index in [1.807, 2.05) is 43.0 Å². The fraction of sp³-hybridized carbons (Fsp3) is 0.208. The molecule has 2 aromatic heterocycles. The summed E-state index contributed by atoms with van der Waals surface area (Å²) in [7, 11) is 0. The van der Waals surface area contributed by atoms with E-state index in [-0.39, 0.29) is 21.6 Å². The fourth-order valence-corrected chi connectivity index (χ4v) is 5.29. The first kappa shape index (κ1) is 21.5. The van der Waals surface area contributed by atoms with Gasteiger partial charge in [-0.1, -0.05) is 53.3 Å². The molecule has 0 fully saturated rings. The Bertz CT molecular complexity index is 1440. The monoisotopic (exact) mass is 481 g/mol. The largest absolute Gasteiger partial charge is 0.476 e. The highest BCUT2D eigenvalue weighted by atomic mass is 35.5. The average molecular weight is 482 g/mol. The number of carboxylic acid groups (broad SMARTS) is 1. The highest BCUT2D eigenvalue weighted by Crippen LogP contribution is 2.35. The van der Waals surface area contributed by atoms with Crippen LogP contribution in [-0.4, -0.2) is 16.1 Å². The van der Waals surface area contributed by atoms with Gasteiger partial charge in [-0.05, 0) is 36.6 Å². The summed E-state index contributed by atoms with van der Waals surface area (Å²) in [5.41, 5.74) is 4.30. The number of anilines is 2. The smallest absolute Gasteiger partial charge is 0.357 e. The molecule has 0 saturated heterocycles. The molecule has 9 heteroatoms. The second-order valence-electron chi connectivity index (χ2n) is 8.12. The van der Waals surface area contributed by atoms with Crippen LogP contribution in [0.3, 0.4) is 0 Å². The van der Waals surface area contributed by atoms with Gasteiger partial charge in [-0.15, -0.1) is 0 Å². The van der Waals surface area contributed by atoms with Crippen molar-refractivity contribution in [3.63, 3.8) is 0 Å². The number of benzene rings is 2. The number of aromatic nitrogens is 1. The van der Waals surface area contributed by atoms with Gasteiger partial charge in [-0.2, -0.15) is 0 Å². The zero-order valence-corrected chi connectivity index (χ0v) is 19.5. The van der Waals surface area contributed by atoms with Crippen LogP contribution >= 0.6 is 22.9 Å². The summed E-state index contributed by atoms with van der Waals surface area (Å²) >= 11 is 7.01. The van der Waals surface area contributed by atoms with Crippen LogP contribution in [0, 0.1) is 6.92 Å². The minimum Gasteiger partial charge on any atom is -0.476 e. The molecule has 3 heterocycles. The third kappa shape index (κ3) is 3.96. The standard InChI is InChI=1S/C24H20ClN3O4S/c1-12-7-16(13(2)26-22-20(23(30)31)27-24(25)33-22)21-17(8-12)18(29)9-19(32-21)28-10-14-5-3-4-6-15(14)11-28/h3-9,13,26H,10-11H2,1-2H3,(H,30,31). The SMILES string of the molecule is Cc1cc(C(C)Nc2sc(Cl)nc2C(=O)O)c2oc(N3Cc4ccccc4C3)cc(=O)c2c1. The molecule has 168 valence electrons. The minimum absolute atomic E-state index is 0.119. The number of nitrogens with one attached hydrogen (secondary N) is 1. The molecule has 2 aromatic carbocycles. The molecule has 0 bridgehead atoms. The molecule has 0 spiro atoms.